The molecule has 0 saturated carbocycles. The van der Waals surface area contributed by atoms with E-state index in [1.165, 1.54) is 18.2 Å². The third-order valence-corrected chi connectivity index (χ3v) is 4.14. The lowest BCUT2D eigenvalue weighted by atomic mass is 10.1. The predicted molar refractivity (Wildman–Crippen MR) is 83.4 cm³/mol. The highest BCUT2D eigenvalue weighted by Gasteiger charge is 2.30. The highest BCUT2D eigenvalue weighted by atomic mass is 35.5. The number of anilines is 1. The SMILES string of the molecule is O=C(CC(=O)c1ccc(Cl)s1)C(=O)Nc1cccc(C(F)(F)F)c1. The van der Waals surface area contributed by atoms with Gasteiger partial charge < -0.3 is 5.32 Å². The molecule has 126 valence electrons. The molecule has 24 heavy (non-hydrogen) atoms. The normalized spacial score (nSPS) is 11.2. The van der Waals surface area contributed by atoms with Crippen LogP contribution in [0.1, 0.15) is 21.7 Å². The lowest BCUT2D eigenvalue weighted by Crippen LogP contribution is -2.25. The van der Waals surface area contributed by atoms with Gasteiger partial charge in [0, 0.05) is 5.69 Å². The number of halogens is 4. The molecule has 0 aliphatic carbocycles. The van der Waals surface area contributed by atoms with Crippen molar-refractivity contribution in [1.82, 2.24) is 0 Å². The first-order chi connectivity index (χ1) is 11.2. The molecular formula is C15H9ClF3NO3S. The molecule has 0 fully saturated rings. The Morgan fingerprint density at radius 2 is 1.83 bits per heavy atom. The number of ketones is 2. The smallest absolute Gasteiger partial charge is 0.319 e. The van der Waals surface area contributed by atoms with Gasteiger partial charge in [0.1, 0.15) is 0 Å². The molecular weight excluding hydrogens is 367 g/mol. The minimum Gasteiger partial charge on any atom is -0.319 e. The van der Waals surface area contributed by atoms with Gasteiger partial charge in [0.15, 0.2) is 5.78 Å². The van der Waals surface area contributed by atoms with Crippen molar-refractivity contribution in [2.24, 2.45) is 0 Å². The maximum atomic E-state index is 12.6. The van der Waals surface area contributed by atoms with E-state index in [1.807, 2.05) is 0 Å². The van der Waals surface area contributed by atoms with E-state index in [2.05, 4.69) is 5.32 Å². The summed E-state index contributed by atoms with van der Waals surface area (Å²) < 4.78 is 38.1. The first-order valence-electron chi connectivity index (χ1n) is 6.47. The topological polar surface area (TPSA) is 63.2 Å². The Labute approximate surface area is 143 Å². The van der Waals surface area contributed by atoms with Gasteiger partial charge in [0.05, 0.1) is 21.2 Å². The minimum atomic E-state index is -4.57. The maximum absolute atomic E-state index is 12.6. The molecule has 9 heteroatoms. The molecule has 4 nitrogen and oxygen atoms in total. The Kier molecular flexibility index (Phi) is 5.40. The summed E-state index contributed by atoms with van der Waals surface area (Å²) in [7, 11) is 0. The molecule has 2 rings (SSSR count). The largest absolute Gasteiger partial charge is 0.416 e. The summed E-state index contributed by atoms with van der Waals surface area (Å²) >= 11 is 6.64. The number of carbonyl (C=O) groups is 3. The molecule has 0 atom stereocenters. The van der Waals surface area contributed by atoms with Gasteiger partial charge in [-0.05, 0) is 30.3 Å². The standard InChI is InChI=1S/C15H9ClF3NO3S/c16-13-5-4-12(24-13)10(21)7-11(22)14(23)20-9-3-1-2-8(6-9)15(17,18)19/h1-6H,7H2,(H,20,23). The maximum Gasteiger partial charge on any atom is 0.416 e. The third-order valence-electron chi connectivity index (χ3n) is 2.87. The summed E-state index contributed by atoms with van der Waals surface area (Å²) in [4.78, 5) is 35.5. The Balaban J connectivity index is 2.02. The summed E-state index contributed by atoms with van der Waals surface area (Å²) in [6, 6.07) is 6.75. The van der Waals surface area contributed by atoms with Gasteiger partial charge in [0.25, 0.3) is 5.91 Å². The van der Waals surface area contributed by atoms with E-state index in [1.54, 1.807) is 0 Å². The number of alkyl halides is 3. The van der Waals surface area contributed by atoms with E-state index >= 15 is 0 Å². The van der Waals surface area contributed by atoms with Crippen molar-refractivity contribution < 1.29 is 27.6 Å². The predicted octanol–water partition coefficient (Wildman–Crippen LogP) is 4.20. The molecule has 0 spiro atoms. The zero-order valence-corrected chi connectivity index (χ0v) is 13.4. The van der Waals surface area contributed by atoms with Gasteiger partial charge >= 0.3 is 6.18 Å². The van der Waals surface area contributed by atoms with Crippen LogP contribution in [0.2, 0.25) is 4.34 Å². The van der Waals surface area contributed by atoms with Gasteiger partial charge in [-0.15, -0.1) is 11.3 Å². The van der Waals surface area contributed by atoms with Gasteiger partial charge in [-0.1, -0.05) is 17.7 Å². The number of carbonyl (C=O) groups excluding carboxylic acids is 3. The second-order valence-electron chi connectivity index (χ2n) is 4.66. The van der Waals surface area contributed by atoms with Crippen molar-refractivity contribution in [3.63, 3.8) is 0 Å². The molecule has 0 aliphatic heterocycles. The van der Waals surface area contributed by atoms with E-state index in [-0.39, 0.29) is 10.6 Å². The van der Waals surface area contributed by atoms with Crippen LogP contribution >= 0.6 is 22.9 Å². The Hall–Kier alpha value is -2.19. The van der Waals surface area contributed by atoms with Crippen LogP contribution < -0.4 is 5.32 Å². The summed E-state index contributed by atoms with van der Waals surface area (Å²) in [5.41, 5.74) is -1.15. The van der Waals surface area contributed by atoms with Crippen molar-refractivity contribution in [3.8, 4) is 0 Å². The van der Waals surface area contributed by atoms with Crippen molar-refractivity contribution in [3.05, 3.63) is 51.2 Å². The lowest BCUT2D eigenvalue weighted by Gasteiger charge is -2.09. The van der Waals surface area contributed by atoms with Gasteiger partial charge in [-0.2, -0.15) is 13.2 Å². The van der Waals surface area contributed by atoms with E-state index in [4.69, 9.17) is 11.6 Å². The van der Waals surface area contributed by atoms with Crippen LogP contribution in [0.5, 0.6) is 0 Å². The number of benzene rings is 1. The summed E-state index contributed by atoms with van der Waals surface area (Å²) in [5.74, 6) is -2.80. The number of rotatable bonds is 5. The molecule has 1 aromatic heterocycles. The summed E-state index contributed by atoms with van der Waals surface area (Å²) in [6.07, 6.45) is -5.26. The molecule has 0 bridgehead atoms. The molecule has 0 unspecified atom stereocenters. The molecule has 1 aromatic carbocycles. The monoisotopic (exact) mass is 375 g/mol. The Morgan fingerprint density at radius 1 is 1.12 bits per heavy atom. The highest BCUT2D eigenvalue weighted by Crippen LogP contribution is 2.30. The number of Topliss-reactive ketones (excluding diaryl/α,β-unsaturated/α-hetero) is 2. The van der Waals surface area contributed by atoms with Crippen molar-refractivity contribution in [1.29, 1.82) is 0 Å². The minimum absolute atomic E-state index is 0.185. The quantitative estimate of drug-likeness (QED) is 0.484. The molecule has 1 amide bonds. The third kappa shape index (κ3) is 4.65. The van der Waals surface area contributed by atoms with E-state index in [9.17, 15) is 27.6 Å². The van der Waals surface area contributed by atoms with E-state index in [0.717, 1.165) is 23.5 Å². The zero-order chi connectivity index (χ0) is 17.9. The van der Waals surface area contributed by atoms with Crippen molar-refractivity contribution >= 4 is 46.1 Å². The van der Waals surface area contributed by atoms with Crippen LogP contribution in [-0.2, 0) is 15.8 Å². The fraction of sp³-hybridized carbons (Fsp3) is 0.133. The fourth-order valence-corrected chi connectivity index (χ4v) is 2.73. The molecule has 1 heterocycles. The summed E-state index contributed by atoms with van der Waals surface area (Å²) in [6.45, 7) is 0. The van der Waals surface area contributed by atoms with Crippen LogP contribution in [0.3, 0.4) is 0 Å². The Morgan fingerprint density at radius 3 is 2.42 bits per heavy atom. The second-order valence-corrected chi connectivity index (χ2v) is 6.37. The average Bonchev–Trinajstić information content (AvgIpc) is 2.93. The van der Waals surface area contributed by atoms with Crippen LogP contribution in [0, 0.1) is 0 Å². The first-order valence-corrected chi connectivity index (χ1v) is 7.66. The highest BCUT2D eigenvalue weighted by molar-refractivity contribution is 7.18. The lowest BCUT2D eigenvalue weighted by molar-refractivity contribution is -0.137. The average molecular weight is 376 g/mol. The number of amides is 1. The molecule has 1 N–H and O–H groups in total. The van der Waals surface area contributed by atoms with Crippen LogP contribution in [0.15, 0.2) is 36.4 Å². The van der Waals surface area contributed by atoms with E-state index < -0.39 is 35.6 Å². The van der Waals surface area contributed by atoms with Gasteiger partial charge in [-0.25, -0.2) is 0 Å². The fourth-order valence-electron chi connectivity index (χ4n) is 1.75. The van der Waals surface area contributed by atoms with Gasteiger partial charge in [-0.3, -0.25) is 14.4 Å². The van der Waals surface area contributed by atoms with Crippen LogP contribution in [0.25, 0.3) is 0 Å². The molecule has 0 radical (unpaired) electrons. The van der Waals surface area contributed by atoms with Crippen molar-refractivity contribution in [2.75, 3.05) is 5.32 Å². The van der Waals surface area contributed by atoms with Gasteiger partial charge in [0.2, 0.25) is 5.78 Å². The molecule has 2 aromatic rings. The zero-order valence-electron chi connectivity index (χ0n) is 11.8. The molecule has 0 aliphatic rings. The first kappa shape index (κ1) is 18.2. The Bertz CT molecular complexity index is 801. The van der Waals surface area contributed by atoms with Crippen LogP contribution in [-0.4, -0.2) is 17.5 Å². The molecule has 0 saturated heterocycles. The number of hydrogen-bond acceptors (Lipinski definition) is 4. The summed E-state index contributed by atoms with van der Waals surface area (Å²) in [5, 5.41) is 2.05. The number of thiophene rings is 1. The van der Waals surface area contributed by atoms with E-state index in [0.29, 0.717) is 10.4 Å². The second kappa shape index (κ2) is 7.14. The van der Waals surface area contributed by atoms with Crippen molar-refractivity contribution in [2.45, 2.75) is 12.6 Å². The van der Waals surface area contributed by atoms with Crippen LogP contribution in [0.4, 0.5) is 18.9 Å². The number of nitrogens with one attached hydrogen (secondary N) is 1. The number of hydrogen-bond donors (Lipinski definition) is 1.